The van der Waals surface area contributed by atoms with Crippen LogP contribution in [-0.2, 0) is 5.60 Å². The second-order valence-corrected chi connectivity index (χ2v) is 6.03. The van der Waals surface area contributed by atoms with E-state index in [2.05, 4.69) is 15.6 Å². The Balaban J connectivity index is 1.85. The second-order valence-electron chi connectivity index (χ2n) is 5.08. The van der Waals surface area contributed by atoms with Gasteiger partial charge in [0.15, 0.2) is 0 Å². The average Bonchev–Trinajstić information content (AvgIpc) is 3.01. The zero-order chi connectivity index (χ0) is 15.3. The Morgan fingerprint density at radius 1 is 1.43 bits per heavy atom. The van der Waals surface area contributed by atoms with Crippen molar-refractivity contribution >= 4 is 17.4 Å². The maximum Gasteiger partial charge on any atom is 0.315 e. The van der Waals surface area contributed by atoms with E-state index in [0.717, 1.165) is 10.4 Å². The van der Waals surface area contributed by atoms with Crippen molar-refractivity contribution in [3.05, 3.63) is 52.5 Å². The molecule has 0 aliphatic carbocycles. The number of urea groups is 1. The van der Waals surface area contributed by atoms with E-state index in [-0.39, 0.29) is 18.6 Å². The minimum Gasteiger partial charge on any atom is -0.383 e. The molecular weight excluding hydrogens is 286 g/mol. The quantitative estimate of drug-likeness (QED) is 0.794. The first-order valence-electron chi connectivity index (χ1n) is 6.70. The van der Waals surface area contributed by atoms with Crippen molar-refractivity contribution in [3.63, 3.8) is 0 Å². The summed E-state index contributed by atoms with van der Waals surface area (Å²) in [5.41, 5.74) is -0.0871. The lowest BCUT2D eigenvalue weighted by atomic mass is 10.1. The number of thiophene rings is 1. The maximum atomic E-state index is 11.9. The molecule has 2 aromatic heterocycles. The van der Waals surface area contributed by atoms with Crippen LogP contribution >= 0.6 is 11.3 Å². The van der Waals surface area contributed by atoms with E-state index in [1.807, 2.05) is 36.6 Å². The maximum absolute atomic E-state index is 11.9. The molecular formula is C15H19N3O2S. The summed E-state index contributed by atoms with van der Waals surface area (Å²) in [7, 11) is 0. The van der Waals surface area contributed by atoms with Crippen molar-refractivity contribution in [2.75, 3.05) is 6.54 Å². The highest BCUT2D eigenvalue weighted by Crippen LogP contribution is 2.24. The van der Waals surface area contributed by atoms with Gasteiger partial charge in [0.25, 0.3) is 0 Å². The van der Waals surface area contributed by atoms with E-state index in [1.165, 1.54) is 11.3 Å². The normalized spacial score (nSPS) is 15.0. The summed E-state index contributed by atoms with van der Waals surface area (Å²) in [4.78, 5) is 16.7. The molecule has 2 heterocycles. The molecule has 0 saturated carbocycles. The van der Waals surface area contributed by atoms with Crippen LogP contribution in [0.15, 0.2) is 42.0 Å². The average molecular weight is 305 g/mol. The number of rotatable bonds is 5. The predicted octanol–water partition coefficient (Wildman–Crippen LogP) is 2.41. The lowest BCUT2D eigenvalue weighted by molar-refractivity contribution is 0.0630. The van der Waals surface area contributed by atoms with Crippen molar-refractivity contribution < 1.29 is 9.90 Å². The molecule has 0 saturated heterocycles. The van der Waals surface area contributed by atoms with Crippen LogP contribution in [0.5, 0.6) is 0 Å². The van der Waals surface area contributed by atoms with Crippen molar-refractivity contribution in [2.24, 2.45) is 0 Å². The first kappa shape index (κ1) is 15.5. The van der Waals surface area contributed by atoms with Gasteiger partial charge in [-0.3, -0.25) is 4.98 Å². The highest BCUT2D eigenvalue weighted by Gasteiger charge is 2.25. The van der Waals surface area contributed by atoms with Crippen LogP contribution in [0.1, 0.15) is 30.3 Å². The summed E-state index contributed by atoms with van der Waals surface area (Å²) in [5.74, 6) is 0. The van der Waals surface area contributed by atoms with Crippen LogP contribution in [0.25, 0.3) is 0 Å². The van der Waals surface area contributed by atoms with Gasteiger partial charge in [0.1, 0.15) is 5.60 Å². The molecule has 0 bridgehead atoms. The molecule has 2 aromatic rings. The Hall–Kier alpha value is -1.92. The number of pyridine rings is 1. The van der Waals surface area contributed by atoms with Gasteiger partial charge < -0.3 is 15.7 Å². The molecule has 21 heavy (non-hydrogen) atoms. The molecule has 0 spiro atoms. The summed E-state index contributed by atoms with van der Waals surface area (Å²) < 4.78 is 0. The number of hydrogen-bond donors (Lipinski definition) is 3. The number of hydrogen-bond acceptors (Lipinski definition) is 4. The van der Waals surface area contributed by atoms with Crippen LogP contribution in [-0.4, -0.2) is 22.7 Å². The van der Waals surface area contributed by atoms with E-state index in [4.69, 9.17) is 0 Å². The molecule has 3 N–H and O–H groups in total. The second kappa shape index (κ2) is 6.69. The van der Waals surface area contributed by atoms with Gasteiger partial charge in [-0.15, -0.1) is 11.3 Å². The topological polar surface area (TPSA) is 74.2 Å². The SMILES string of the molecule is CC(NC(=O)NCC(C)(O)c1cccs1)c1ccncc1. The Bertz CT molecular complexity index is 570. The number of aromatic nitrogens is 1. The first-order valence-corrected chi connectivity index (χ1v) is 7.57. The van der Waals surface area contributed by atoms with Gasteiger partial charge in [-0.1, -0.05) is 6.07 Å². The van der Waals surface area contributed by atoms with Crippen LogP contribution in [0.4, 0.5) is 4.79 Å². The van der Waals surface area contributed by atoms with E-state index in [9.17, 15) is 9.90 Å². The zero-order valence-corrected chi connectivity index (χ0v) is 12.9. The summed E-state index contributed by atoms with van der Waals surface area (Å²) in [6.07, 6.45) is 3.38. The summed E-state index contributed by atoms with van der Waals surface area (Å²) in [6.45, 7) is 3.74. The molecule has 6 heteroatoms. The van der Waals surface area contributed by atoms with Crippen molar-refractivity contribution in [1.82, 2.24) is 15.6 Å². The smallest absolute Gasteiger partial charge is 0.315 e. The number of nitrogens with one attached hydrogen (secondary N) is 2. The van der Waals surface area contributed by atoms with Gasteiger partial charge in [0.05, 0.1) is 12.6 Å². The molecule has 2 amide bonds. The molecule has 0 aliphatic heterocycles. The van der Waals surface area contributed by atoms with Crippen LogP contribution in [0.3, 0.4) is 0 Å². The van der Waals surface area contributed by atoms with E-state index >= 15 is 0 Å². The number of nitrogens with zero attached hydrogens (tertiary/aromatic N) is 1. The lowest BCUT2D eigenvalue weighted by Crippen LogP contribution is -2.43. The third-order valence-corrected chi connectivity index (χ3v) is 4.32. The third-order valence-electron chi connectivity index (χ3n) is 3.20. The molecule has 0 fully saturated rings. The highest BCUT2D eigenvalue weighted by molar-refractivity contribution is 7.10. The Labute approximate surface area is 128 Å². The van der Waals surface area contributed by atoms with E-state index in [1.54, 1.807) is 19.3 Å². The Morgan fingerprint density at radius 2 is 2.14 bits per heavy atom. The monoisotopic (exact) mass is 305 g/mol. The number of aliphatic hydroxyl groups is 1. The van der Waals surface area contributed by atoms with Crippen LogP contribution in [0, 0.1) is 0 Å². The summed E-state index contributed by atoms with van der Waals surface area (Å²) >= 11 is 1.46. The minimum atomic E-state index is -1.06. The van der Waals surface area contributed by atoms with Crippen molar-refractivity contribution in [2.45, 2.75) is 25.5 Å². The standard InChI is InChI=1S/C15H19N3O2S/c1-11(12-5-7-16-8-6-12)18-14(19)17-10-15(2,20)13-4-3-9-21-13/h3-9,11,20H,10H2,1-2H3,(H2,17,18,19). The fourth-order valence-corrected chi connectivity index (χ4v) is 2.69. The van der Waals surface area contributed by atoms with Gasteiger partial charge >= 0.3 is 6.03 Å². The van der Waals surface area contributed by atoms with Crippen LogP contribution < -0.4 is 10.6 Å². The Morgan fingerprint density at radius 3 is 2.76 bits per heavy atom. The predicted molar refractivity (Wildman–Crippen MR) is 83.1 cm³/mol. The number of carbonyl (C=O) groups excluding carboxylic acids is 1. The fraction of sp³-hybridized carbons (Fsp3) is 0.333. The number of carbonyl (C=O) groups is 1. The van der Waals surface area contributed by atoms with Gasteiger partial charge in [-0.05, 0) is 43.0 Å². The van der Waals surface area contributed by atoms with Gasteiger partial charge in [0.2, 0.25) is 0 Å². The molecule has 2 rings (SSSR count). The van der Waals surface area contributed by atoms with Crippen molar-refractivity contribution in [3.8, 4) is 0 Å². The third kappa shape index (κ3) is 4.27. The molecule has 2 atom stereocenters. The summed E-state index contributed by atoms with van der Waals surface area (Å²) in [5, 5.41) is 17.8. The van der Waals surface area contributed by atoms with Crippen LogP contribution in [0.2, 0.25) is 0 Å². The van der Waals surface area contributed by atoms with E-state index in [0.29, 0.717) is 0 Å². The minimum absolute atomic E-state index is 0.125. The first-order chi connectivity index (χ1) is 9.99. The summed E-state index contributed by atoms with van der Waals surface area (Å²) in [6, 6.07) is 7.00. The molecule has 0 aromatic carbocycles. The molecule has 5 nitrogen and oxygen atoms in total. The van der Waals surface area contributed by atoms with Gasteiger partial charge in [0, 0.05) is 17.3 Å². The Kier molecular flexibility index (Phi) is 4.93. The largest absolute Gasteiger partial charge is 0.383 e. The lowest BCUT2D eigenvalue weighted by Gasteiger charge is -2.23. The van der Waals surface area contributed by atoms with Gasteiger partial charge in [-0.2, -0.15) is 0 Å². The molecule has 112 valence electrons. The highest BCUT2D eigenvalue weighted by atomic mass is 32.1. The molecule has 2 unspecified atom stereocenters. The zero-order valence-electron chi connectivity index (χ0n) is 12.0. The van der Waals surface area contributed by atoms with E-state index < -0.39 is 5.60 Å². The molecule has 0 radical (unpaired) electrons. The molecule has 0 aliphatic rings. The fourth-order valence-electron chi connectivity index (χ4n) is 1.91. The van der Waals surface area contributed by atoms with Crippen molar-refractivity contribution in [1.29, 1.82) is 0 Å². The number of amides is 2. The van der Waals surface area contributed by atoms with Gasteiger partial charge in [-0.25, -0.2) is 4.79 Å².